The van der Waals surface area contributed by atoms with E-state index >= 15 is 0 Å². The monoisotopic (exact) mass is 180 g/mol. The Hall–Kier alpha value is -0.340. The van der Waals surface area contributed by atoms with Gasteiger partial charge in [-0.2, -0.15) is 0 Å². The molecular weight excluding hydrogens is 160 g/mol. The Morgan fingerprint density at radius 1 is 1.38 bits per heavy atom. The second-order valence-corrected chi connectivity index (χ2v) is 4.48. The second kappa shape index (κ2) is 3.81. The van der Waals surface area contributed by atoms with E-state index in [4.69, 9.17) is 0 Å². The Morgan fingerprint density at radius 3 is 2.54 bits per heavy atom. The zero-order valence-corrected chi connectivity index (χ0v) is 8.55. The number of nitrogens with one attached hydrogen (secondary N) is 1. The Morgan fingerprint density at radius 2 is 2.00 bits per heavy atom. The van der Waals surface area contributed by atoms with E-state index in [9.17, 15) is 0 Å². The minimum absolute atomic E-state index is 0.921. The maximum Gasteiger partial charge on any atom is 0.0190 e. The van der Waals surface area contributed by atoms with Crippen LogP contribution in [-0.2, 0) is 0 Å². The molecule has 0 aromatic carbocycles. The summed E-state index contributed by atoms with van der Waals surface area (Å²) in [6, 6.07) is 0. The van der Waals surface area contributed by atoms with Crippen molar-refractivity contribution in [2.75, 3.05) is 32.7 Å². The van der Waals surface area contributed by atoms with Gasteiger partial charge in [0, 0.05) is 19.6 Å². The zero-order valence-electron chi connectivity index (χ0n) is 8.55. The summed E-state index contributed by atoms with van der Waals surface area (Å²) >= 11 is 0. The molecule has 2 aliphatic rings. The highest BCUT2D eigenvalue weighted by molar-refractivity contribution is 5.00. The van der Waals surface area contributed by atoms with Gasteiger partial charge in [0.2, 0.25) is 0 Å². The summed E-state index contributed by atoms with van der Waals surface area (Å²) in [5.41, 5.74) is 1.38. The van der Waals surface area contributed by atoms with Gasteiger partial charge in [-0.1, -0.05) is 19.1 Å². The van der Waals surface area contributed by atoms with Gasteiger partial charge in [-0.15, -0.1) is 0 Å². The molecular formula is C11H20N2. The largest absolute Gasteiger partial charge is 0.316 e. The molecule has 2 saturated heterocycles. The summed E-state index contributed by atoms with van der Waals surface area (Å²) in [6.07, 6.45) is 1.13. The van der Waals surface area contributed by atoms with Crippen LogP contribution in [0.3, 0.4) is 0 Å². The van der Waals surface area contributed by atoms with E-state index in [2.05, 4.69) is 23.7 Å². The van der Waals surface area contributed by atoms with E-state index in [1.54, 1.807) is 0 Å². The Balaban J connectivity index is 1.82. The summed E-state index contributed by atoms with van der Waals surface area (Å²) in [4.78, 5) is 2.57. The highest BCUT2D eigenvalue weighted by Gasteiger charge is 2.35. The Labute approximate surface area is 81.0 Å². The van der Waals surface area contributed by atoms with E-state index in [1.807, 2.05) is 0 Å². The molecule has 2 fully saturated rings. The van der Waals surface area contributed by atoms with Gasteiger partial charge in [0.05, 0.1) is 0 Å². The summed E-state index contributed by atoms with van der Waals surface area (Å²) in [6.45, 7) is 12.4. The van der Waals surface area contributed by atoms with Crippen molar-refractivity contribution in [1.82, 2.24) is 10.2 Å². The average molecular weight is 180 g/mol. The standard InChI is InChI=1S/C11H20N2/c1-3-9(2)6-13-7-10-4-12-5-11(10)8-13/h10-12H,2-8H2,1H3. The fraction of sp³-hybridized carbons (Fsp3) is 0.818. The van der Waals surface area contributed by atoms with Crippen molar-refractivity contribution >= 4 is 0 Å². The van der Waals surface area contributed by atoms with Gasteiger partial charge in [-0.25, -0.2) is 0 Å². The first kappa shape index (κ1) is 9.22. The fourth-order valence-electron chi connectivity index (χ4n) is 2.51. The smallest absolute Gasteiger partial charge is 0.0190 e. The van der Waals surface area contributed by atoms with Crippen LogP contribution in [0.2, 0.25) is 0 Å². The van der Waals surface area contributed by atoms with Crippen LogP contribution in [0.5, 0.6) is 0 Å². The van der Waals surface area contributed by atoms with Gasteiger partial charge in [-0.05, 0) is 31.3 Å². The van der Waals surface area contributed by atoms with Crippen LogP contribution in [0.25, 0.3) is 0 Å². The molecule has 13 heavy (non-hydrogen) atoms. The van der Waals surface area contributed by atoms with Crippen LogP contribution >= 0.6 is 0 Å². The third kappa shape index (κ3) is 1.94. The first-order chi connectivity index (χ1) is 6.29. The van der Waals surface area contributed by atoms with Gasteiger partial charge >= 0.3 is 0 Å². The zero-order chi connectivity index (χ0) is 9.26. The van der Waals surface area contributed by atoms with Gasteiger partial charge < -0.3 is 5.32 Å². The maximum absolute atomic E-state index is 4.07. The molecule has 0 aromatic heterocycles. The SMILES string of the molecule is C=C(CC)CN1CC2CNCC2C1. The van der Waals surface area contributed by atoms with E-state index in [-0.39, 0.29) is 0 Å². The van der Waals surface area contributed by atoms with Crippen molar-refractivity contribution < 1.29 is 0 Å². The van der Waals surface area contributed by atoms with Crippen LogP contribution in [0, 0.1) is 11.8 Å². The lowest BCUT2D eigenvalue weighted by atomic mass is 10.0. The van der Waals surface area contributed by atoms with Crippen LogP contribution < -0.4 is 5.32 Å². The molecule has 2 aliphatic heterocycles. The van der Waals surface area contributed by atoms with Gasteiger partial charge in [0.1, 0.15) is 0 Å². The fourth-order valence-corrected chi connectivity index (χ4v) is 2.51. The lowest BCUT2D eigenvalue weighted by molar-refractivity contribution is 0.337. The lowest BCUT2D eigenvalue weighted by Gasteiger charge is -2.17. The lowest BCUT2D eigenvalue weighted by Crippen LogP contribution is -2.27. The van der Waals surface area contributed by atoms with E-state index in [0.717, 1.165) is 24.8 Å². The highest BCUT2D eigenvalue weighted by Crippen LogP contribution is 2.26. The molecule has 74 valence electrons. The molecule has 0 aromatic rings. The molecule has 2 heterocycles. The molecule has 0 spiro atoms. The minimum Gasteiger partial charge on any atom is -0.316 e. The van der Waals surface area contributed by atoms with E-state index < -0.39 is 0 Å². The topological polar surface area (TPSA) is 15.3 Å². The van der Waals surface area contributed by atoms with Crippen molar-refractivity contribution in [1.29, 1.82) is 0 Å². The van der Waals surface area contributed by atoms with Crippen molar-refractivity contribution in [3.63, 3.8) is 0 Å². The van der Waals surface area contributed by atoms with Crippen molar-refractivity contribution in [2.45, 2.75) is 13.3 Å². The van der Waals surface area contributed by atoms with Crippen LogP contribution in [0.4, 0.5) is 0 Å². The molecule has 2 heteroatoms. The number of hydrogen-bond donors (Lipinski definition) is 1. The Kier molecular flexibility index (Phi) is 2.70. The van der Waals surface area contributed by atoms with E-state index in [0.29, 0.717) is 0 Å². The van der Waals surface area contributed by atoms with Crippen molar-refractivity contribution in [3.05, 3.63) is 12.2 Å². The molecule has 0 bridgehead atoms. The van der Waals surface area contributed by atoms with Crippen molar-refractivity contribution in [2.24, 2.45) is 11.8 Å². The third-order valence-electron chi connectivity index (χ3n) is 3.41. The first-order valence-corrected chi connectivity index (χ1v) is 5.39. The molecule has 0 radical (unpaired) electrons. The number of likely N-dealkylation sites (tertiary alicyclic amines) is 1. The Bertz CT molecular complexity index is 188. The van der Waals surface area contributed by atoms with Gasteiger partial charge in [0.15, 0.2) is 0 Å². The molecule has 2 nitrogen and oxygen atoms in total. The molecule has 2 rings (SSSR count). The number of nitrogens with zero attached hydrogens (tertiary/aromatic N) is 1. The number of hydrogen-bond acceptors (Lipinski definition) is 2. The molecule has 0 amide bonds. The van der Waals surface area contributed by atoms with Crippen LogP contribution in [0.15, 0.2) is 12.2 Å². The second-order valence-electron chi connectivity index (χ2n) is 4.48. The first-order valence-electron chi connectivity index (χ1n) is 5.39. The van der Waals surface area contributed by atoms with Crippen molar-refractivity contribution in [3.8, 4) is 0 Å². The normalized spacial score (nSPS) is 33.6. The molecule has 0 saturated carbocycles. The van der Waals surface area contributed by atoms with Gasteiger partial charge in [-0.3, -0.25) is 4.90 Å². The van der Waals surface area contributed by atoms with E-state index in [1.165, 1.54) is 31.8 Å². The predicted molar refractivity (Wildman–Crippen MR) is 55.7 cm³/mol. The number of rotatable bonds is 3. The summed E-state index contributed by atoms with van der Waals surface area (Å²) in [7, 11) is 0. The molecule has 2 unspecified atom stereocenters. The van der Waals surface area contributed by atoms with Gasteiger partial charge in [0.25, 0.3) is 0 Å². The predicted octanol–water partition coefficient (Wildman–Crippen LogP) is 1.10. The maximum atomic E-state index is 4.07. The highest BCUT2D eigenvalue weighted by atomic mass is 15.2. The molecule has 2 atom stereocenters. The third-order valence-corrected chi connectivity index (χ3v) is 3.41. The quantitative estimate of drug-likeness (QED) is 0.654. The number of fused-ring (bicyclic) bond motifs is 1. The van der Waals surface area contributed by atoms with Crippen LogP contribution in [-0.4, -0.2) is 37.6 Å². The average Bonchev–Trinajstić information content (AvgIpc) is 2.63. The summed E-state index contributed by atoms with van der Waals surface area (Å²) < 4.78 is 0. The summed E-state index contributed by atoms with van der Waals surface area (Å²) in [5.74, 6) is 1.84. The molecule has 1 N–H and O–H groups in total. The summed E-state index contributed by atoms with van der Waals surface area (Å²) in [5, 5.41) is 3.46. The minimum atomic E-state index is 0.921. The molecule has 0 aliphatic carbocycles. The van der Waals surface area contributed by atoms with Crippen LogP contribution in [0.1, 0.15) is 13.3 Å².